The van der Waals surface area contributed by atoms with Crippen LogP contribution in [0.4, 0.5) is 4.39 Å². The van der Waals surface area contributed by atoms with E-state index in [1.54, 1.807) is 23.1 Å². The molecular formula is C27H35FN2O2S. The summed E-state index contributed by atoms with van der Waals surface area (Å²) in [6.07, 6.45) is 6.06. The van der Waals surface area contributed by atoms with Gasteiger partial charge in [-0.05, 0) is 48.9 Å². The van der Waals surface area contributed by atoms with Crippen molar-refractivity contribution in [2.24, 2.45) is 0 Å². The van der Waals surface area contributed by atoms with E-state index in [1.165, 1.54) is 24.2 Å². The third-order valence-corrected chi connectivity index (χ3v) is 7.35. The van der Waals surface area contributed by atoms with Crippen LogP contribution in [-0.2, 0) is 21.9 Å². The van der Waals surface area contributed by atoms with Gasteiger partial charge in [-0.3, -0.25) is 9.59 Å². The third-order valence-electron chi connectivity index (χ3n) is 6.38. The number of hydrogen-bond donors (Lipinski definition) is 1. The first kappa shape index (κ1) is 25.3. The van der Waals surface area contributed by atoms with Crippen LogP contribution in [0.25, 0.3) is 0 Å². The molecule has 1 aliphatic rings. The quantitative estimate of drug-likeness (QED) is 0.490. The number of halogens is 1. The highest BCUT2D eigenvalue weighted by molar-refractivity contribution is 7.99. The zero-order chi connectivity index (χ0) is 23.6. The minimum Gasteiger partial charge on any atom is -0.352 e. The largest absolute Gasteiger partial charge is 0.352 e. The van der Waals surface area contributed by atoms with Crippen molar-refractivity contribution in [1.82, 2.24) is 10.2 Å². The topological polar surface area (TPSA) is 49.4 Å². The molecule has 0 bridgehead atoms. The van der Waals surface area contributed by atoms with Crippen molar-refractivity contribution < 1.29 is 14.0 Å². The number of carbonyl (C=O) groups is 2. The van der Waals surface area contributed by atoms with E-state index in [2.05, 4.69) is 5.32 Å². The molecule has 0 radical (unpaired) electrons. The van der Waals surface area contributed by atoms with Crippen molar-refractivity contribution in [3.63, 3.8) is 0 Å². The van der Waals surface area contributed by atoms with Gasteiger partial charge in [0.1, 0.15) is 11.9 Å². The van der Waals surface area contributed by atoms with Gasteiger partial charge >= 0.3 is 0 Å². The summed E-state index contributed by atoms with van der Waals surface area (Å²) >= 11 is 1.38. The maximum absolute atomic E-state index is 14.0. The molecular weight excluding hydrogens is 435 g/mol. The van der Waals surface area contributed by atoms with Crippen LogP contribution in [0, 0.1) is 12.7 Å². The number of nitrogens with one attached hydrogen (secondary N) is 1. The van der Waals surface area contributed by atoms with Crippen LogP contribution in [0.1, 0.15) is 62.1 Å². The first-order valence-corrected chi connectivity index (χ1v) is 13.1. The number of benzene rings is 2. The number of aryl methyl sites for hydroxylation is 1. The SMILES string of the molecule is CC[C@H](C(=O)NC1CCCCC1)N(Cc1ccccc1C)C(=O)CSCc1ccccc1F. The maximum Gasteiger partial charge on any atom is 0.243 e. The van der Waals surface area contributed by atoms with Crippen molar-refractivity contribution in [2.75, 3.05) is 5.75 Å². The van der Waals surface area contributed by atoms with Crippen LogP contribution in [0.2, 0.25) is 0 Å². The molecule has 178 valence electrons. The molecule has 0 aromatic heterocycles. The molecule has 2 aromatic carbocycles. The molecule has 6 heteroatoms. The molecule has 1 aliphatic carbocycles. The third kappa shape index (κ3) is 7.32. The monoisotopic (exact) mass is 470 g/mol. The van der Waals surface area contributed by atoms with E-state index in [9.17, 15) is 14.0 Å². The van der Waals surface area contributed by atoms with E-state index in [-0.39, 0.29) is 29.4 Å². The molecule has 1 atom stereocenters. The second-order valence-corrected chi connectivity index (χ2v) is 9.79. The average Bonchev–Trinajstić information content (AvgIpc) is 2.82. The summed E-state index contributed by atoms with van der Waals surface area (Å²) in [5.41, 5.74) is 2.72. The molecule has 1 saturated carbocycles. The average molecular weight is 471 g/mol. The zero-order valence-electron chi connectivity index (χ0n) is 19.7. The normalized spacial score (nSPS) is 15.1. The summed E-state index contributed by atoms with van der Waals surface area (Å²) in [4.78, 5) is 28.3. The maximum atomic E-state index is 14.0. The highest BCUT2D eigenvalue weighted by Crippen LogP contribution is 2.21. The Morgan fingerprint density at radius 1 is 1.06 bits per heavy atom. The highest BCUT2D eigenvalue weighted by atomic mass is 32.2. The molecule has 33 heavy (non-hydrogen) atoms. The zero-order valence-corrected chi connectivity index (χ0v) is 20.5. The van der Waals surface area contributed by atoms with Crippen LogP contribution in [0.5, 0.6) is 0 Å². The Morgan fingerprint density at radius 3 is 2.39 bits per heavy atom. The fourth-order valence-corrected chi connectivity index (χ4v) is 5.28. The van der Waals surface area contributed by atoms with Gasteiger partial charge in [0.15, 0.2) is 0 Å². The van der Waals surface area contributed by atoms with Crippen LogP contribution < -0.4 is 5.32 Å². The van der Waals surface area contributed by atoms with Gasteiger partial charge in [-0.2, -0.15) is 0 Å². The molecule has 3 rings (SSSR count). The Balaban J connectivity index is 1.72. The number of rotatable bonds is 10. The molecule has 2 amide bonds. The molecule has 0 spiro atoms. The lowest BCUT2D eigenvalue weighted by Crippen LogP contribution is -2.52. The number of thioether (sulfide) groups is 1. The predicted molar refractivity (Wildman–Crippen MR) is 133 cm³/mol. The minimum absolute atomic E-state index is 0.0644. The lowest BCUT2D eigenvalue weighted by molar-refractivity contribution is -0.139. The Morgan fingerprint density at radius 2 is 1.73 bits per heavy atom. The molecule has 0 aliphatic heterocycles. The standard InChI is InChI=1S/C27H35FN2O2S/c1-3-25(27(32)29-23-14-5-4-6-15-23)30(17-21-12-8-7-11-20(21)2)26(31)19-33-18-22-13-9-10-16-24(22)28/h7-13,16,23,25H,3-6,14-15,17-19H2,1-2H3,(H,29,32)/t25-/m1/s1. The summed E-state index contributed by atoms with van der Waals surface area (Å²) in [5.74, 6) is 0.206. The van der Waals surface area contributed by atoms with Crippen molar-refractivity contribution >= 4 is 23.6 Å². The van der Waals surface area contributed by atoms with E-state index in [4.69, 9.17) is 0 Å². The van der Waals surface area contributed by atoms with Gasteiger partial charge in [0.05, 0.1) is 5.75 Å². The predicted octanol–water partition coefficient (Wildman–Crippen LogP) is 5.62. The summed E-state index contributed by atoms with van der Waals surface area (Å²) < 4.78 is 14.0. The van der Waals surface area contributed by atoms with Crippen molar-refractivity contribution in [3.8, 4) is 0 Å². The van der Waals surface area contributed by atoms with E-state index in [0.717, 1.165) is 36.8 Å². The number of carbonyl (C=O) groups excluding carboxylic acids is 2. The minimum atomic E-state index is -0.520. The molecule has 4 nitrogen and oxygen atoms in total. The molecule has 0 unspecified atom stereocenters. The van der Waals surface area contributed by atoms with Gasteiger partial charge in [0, 0.05) is 18.3 Å². The second-order valence-electron chi connectivity index (χ2n) is 8.80. The van der Waals surface area contributed by atoms with Gasteiger partial charge in [0.25, 0.3) is 0 Å². The molecule has 0 heterocycles. The smallest absolute Gasteiger partial charge is 0.243 e. The highest BCUT2D eigenvalue weighted by Gasteiger charge is 2.30. The number of hydrogen-bond acceptors (Lipinski definition) is 3. The fourth-order valence-electron chi connectivity index (χ4n) is 4.38. The second kappa shape index (κ2) is 12.8. The number of amides is 2. The molecule has 2 aromatic rings. The Kier molecular flexibility index (Phi) is 9.79. The summed E-state index contributed by atoms with van der Waals surface area (Å²) in [6.45, 7) is 4.37. The van der Waals surface area contributed by atoms with Gasteiger partial charge < -0.3 is 10.2 Å². The Labute approximate surface area is 201 Å². The van der Waals surface area contributed by atoms with Crippen LogP contribution in [0.3, 0.4) is 0 Å². The molecule has 1 N–H and O–H groups in total. The van der Waals surface area contributed by atoms with Gasteiger partial charge in [-0.25, -0.2) is 4.39 Å². The van der Waals surface area contributed by atoms with E-state index >= 15 is 0 Å². The molecule has 0 saturated heterocycles. The fraction of sp³-hybridized carbons (Fsp3) is 0.481. The van der Waals surface area contributed by atoms with E-state index in [1.807, 2.05) is 38.1 Å². The molecule has 1 fully saturated rings. The van der Waals surface area contributed by atoms with Crippen molar-refractivity contribution in [2.45, 2.75) is 76.8 Å². The first-order valence-electron chi connectivity index (χ1n) is 11.9. The van der Waals surface area contributed by atoms with E-state index in [0.29, 0.717) is 24.3 Å². The van der Waals surface area contributed by atoms with Gasteiger partial charge in [-0.1, -0.05) is 68.7 Å². The Bertz CT molecular complexity index is 930. The lowest BCUT2D eigenvalue weighted by atomic mass is 9.95. The van der Waals surface area contributed by atoms with Crippen LogP contribution in [-0.4, -0.2) is 34.6 Å². The number of nitrogens with zero attached hydrogens (tertiary/aromatic N) is 1. The first-order chi connectivity index (χ1) is 16.0. The van der Waals surface area contributed by atoms with Crippen molar-refractivity contribution in [3.05, 3.63) is 71.0 Å². The Hall–Kier alpha value is -2.34. The van der Waals surface area contributed by atoms with Gasteiger partial charge in [0.2, 0.25) is 11.8 Å². The van der Waals surface area contributed by atoms with Crippen LogP contribution in [0.15, 0.2) is 48.5 Å². The summed E-state index contributed by atoms with van der Waals surface area (Å²) in [6, 6.07) is 14.3. The van der Waals surface area contributed by atoms with Crippen LogP contribution >= 0.6 is 11.8 Å². The lowest BCUT2D eigenvalue weighted by Gasteiger charge is -2.33. The summed E-state index contributed by atoms with van der Waals surface area (Å²) in [5, 5.41) is 3.21. The summed E-state index contributed by atoms with van der Waals surface area (Å²) in [7, 11) is 0. The van der Waals surface area contributed by atoms with E-state index < -0.39 is 6.04 Å². The van der Waals surface area contributed by atoms with Crippen molar-refractivity contribution in [1.29, 1.82) is 0 Å². The van der Waals surface area contributed by atoms with Gasteiger partial charge in [-0.15, -0.1) is 11.8 Å².